The summed E-state index contributed by atoms with van der Waals surface area (Å²) in [5, 5.41) is 7.56. The van der Waals surface area contributed by atoms with E-state index < -0.39 is 0 Å². The molecule has 0 atom stereocenters. The van der Waals surface area contributed by atoms with Gasteiger partial charge in [-0.3, -0.25) is 4.57 Å². The summed E-state index contributed by atoms with van der Waals surface area (Å²) in [5.41, 5.74) is 22.6. The minimum absolute atomic E-state index is 0.0429. The van der Waals surface area contributed by atoms with Crippen molar-refractivity contribution in [2.75, 3.05) is 0 Å². The maximum absolute atomic E-state index is 5.95. The number of thiophene rings is 2. The predicted octanol–water partition coefficient (Wildman–Crippen LogP) is 20.6. The van der Waals surface area contributed by atoms with Gasteiger partial charge in [0.15, 0.2) is 0 Å². The fraction of sp³-hybridized carbons (Fsp3) is 0.0933. The van der Waals surface area contributed by atoms with E-state index in [2.05, 4.69) is 212 Å². The number of aromatic nitrogens is 5. The molecule has 8 heteroatoms. The molecule has 83 heavy (non-hydrogen) atoms. The van der Waals surface area contributed by atoms with Crippen LogP contribution in [-0.4, -0.2) is 24.5 Å². The highest BCUT2D eigenvalue weighted by Gasteiger charge is 2.41. The molecule has 3 aliphatic rings. The standard InChI is InChI=1S/C37H25N3S.C24H18S.C14H9ClN2/c1-37(2)28-17-9-6-15-25(28)31-27-21-20-24-23-14-8-11-19-30(23)40(33(24)34(27)41-35(31)37)36-38-29-18-10-7-16-26(29)32(39-36)22-12-4-3-5-13-22;1-24(2)20-10-6-5-9-17(20)21-18-12-11-16-15-8-4-3-7-14(15)13-19(16)22(18)25-23(21)24;15-14-16-12-9-5-4-8-11(12)13(17-14)10-6-2-1-3-7-10/h3-21H,1-2H3;3-12H,13H2,1-2H3;1-9H. The van der Waals surface area contributed by atoms with Gasteiger partial charge in [0, 0.05) is 86.3 Å². The molecule has 10 aromatic carbocycles. The molecule has 3 aliphatic carbocycles. The highest BCUT2D eigenvalue weighted by Crippen LogP contribution is 2.59. The topological polar surface area (TPSA) is 56.5 Å². The van der Waals surface area contributed by atoms with Crippen LogP contribution >= 0.6 is 34.3 Å². The summed E-state index contributed by atoms with van der Waals surface area (Å²) < 4.78 is 5.10. The quantitative estimate of drug-likeness (QED) is 0.165. The van der Waals surface area contributed by atoms with Crippen LogP contribution in [0.2, 0.25) is 5.28 Å². The lowest BCUT2D eigenvalue weighted by molar-refractivity contribution is 0.674. The Morgan fingerprint density at radius 2 is 0.880 bits per heavy atom. The highest BCUT2D eigenvalue weighted by molar-refractivity contribution is 7.21. The molecular weight excluding hydrogens is 1070 g/mol. The first-order valence-corrected chi connectivity index (χ1v) is 30.3. The van der Waals surface area contributed by atoms with Gasteiger partial charge in [0.1, 0.15) is 0 Å². The minimum Gasteiger partial charge on any atom is -0.276 e. The summed E-state index contributed by atoms with van der Waals surface area (Å²) >= 11 is 9.91. The van der Waals surface area contributed by atoms with Gasteiger partial charge >= 0.3 is 0 Å². The monoisotopic (exact) mass is 1120 g/mol. The van der Waals surface area contributed by atoms with E-state index >= 15 is 0 Å². The molecule has 0 N–H and O–H groups in total. The zero-order chi connectivity index (χ0) is 55.7. The first-order valence-electron chi connectivity index (χ1n) is 28.3. The third-order valence-electron chi connectivity index (χ3n) is 17.5. The van der Waals surface area contributed by atoms with Crippen LogP contribution in [-0.2, 0) is 17.3 Å². The lowest BCUT2D eigenvalue weighted by atomic mass is 9.87. The van der Waals surface area contributed by atoms with Gasteiger partial charge in [-0.25, -0.2) is 19.9 Å². The molecule has 0 unspecified atom stereocenters. The molecule has 0 spiro atoms. The van der Waals surface area contributed by atoms with Crippen molar-refractivity contribution < 1.29 is 0 Å². The molecular formula is C75H52ClN5S2. The van der Waals surface area contributed by atoms with Crippen molar-refractivity contribution in [1.29, 1.82) is 0 Å². The van der Waals surface area contributed by atoms with Gasteiger partial charge in [0.2, 0.25) is 11.2 Å². The number of rotatable bonds is 3. The third kappa shape index (κ3) is 7.65. The summed E-state index contributed by atoms with van der Waals surface area (Å²) in [6.45, 7) is 9.47. The van der Waals surface area contributed by atoms with E-state index in [-0.39, 0.29) is 16.1 Å². The van der Waals surface area contributed by atoms with E-state index in [9.17, 15) is 0 Å². The smallest absolute Gasteiger partial charge is 0.235 e. The fourth-order valence-corrected chi connectivity index (χ4v) is 16.7. The highest BCUT2D eigenvalue weighted by atomic mass is 35.5. The van der Waals surface area contributed by atoms with E-state index in [1.165, 1.54) is 102 Å². The molecule has 18 rings (SSSR count). The fourth-order valence-electron chi connectivity index (χ4n) is 13.6. The number of para-hydroxylation sites is 3. The van der Waals surface area contributed by atoms with E-state index in [1.807, 2.05) is 83.3 Å². The Labute approximate surface area is 493 Å². The Balaban J connectivity index is 0.000000114. The van der Waals surface area contributed by atoms with Gasteiger partial charge in [-0.2, -0.15) is 0 Å². The van der Waals surface area contributed by atoms with E-state index in [0.717, 1.165) is 56.3 Å². The third-order valence-corrected chi connectivity index (χ3v) is 20.8. The van der Waals surface area contributed by atoms with Gasteiger partial charge in [-0.05, 0) is 74.3 Å². The molecule has 0 aliphatic heterocycles. The number of hydrogen-bond acceptors (Lipinski definition) is 6. The summed E-state index contributed by atoms with van der Waals surface area (Å²) in [6.07, 6.45) is 1.07. The second-order valence-electron chi connectivity index (χ2n) is 22.9. The zero-order valence-corrected chi connectivity index (χ0v) is 48.5. The van der Waals surface area contributed by atoms with E-state index in [0.29, 0.717) is 5.95 Å². The number of hydrogen-bond donors (Lipinski definition) is 0. The molecule has 0 saturated carbocycles. The zero-order valence-electron chi connectivity index (χ0n) is 46.1. The van der Waals surface area contributed by atoms with Gasteiger partial charge in [-0.15, -0.1) is 22.7 Å². The number of halogens is 1. The van der Waals surface area contributed by atoms with Gasteiger partial charge in [-0.1, -0.05) is 240 Å². The Kier molecular flexibility index (Phi) is 11.4. The Morgan fingerprint density at radius 3 is 1.53 bits per heavy atom. The normalized spacial score (nSPS) is 13.7. The van der Waals surface area contributed by atoms with Gasteiger partial charge in [0.25, 0.3) is 0 Å². The second-order valence-corrected chi connectivity index (χ2v) is 25.3. The maximum atomic E-state index is 5.95. The van der Waals surface area contributed by atoms with Crippen molar-refractivity contribution in [3.05, 3.63) is 268 Å². The van der Waals surface area contributed by atoms with Crippen molar-refractivity contribution in [3.63, 3.8) is 0 Å². The minimum atomic E-state index is -0.0429. The lowest BCUT2D eigenvalue weighted by Crippen LogP contribution is -2.13. The van der Waals surface area contributed by atoms with Crippen LogP contribution < -0.4 is 0 Å². The SMILES string of the molecule is CC1(C)c2ccccc2-c2c1sc1c2ccc2c3ccccc3n(-c3nc(-c4ccccc4)c4ccccc4n3)c21.CC1(C)c2ccccc2-c2c1sc1c3c(ccc21)-c1ccccc1C3.Clc1nc(-c2ccccc2)c2ccccc2n1. The molecule has 0 amide bonds. The van der Waals surface area contributed by atoms with Crippen molar-refractivity contribution in [2.24, 2.45) is 0 Å². The Bertz CT molecular complexity index is 5150. The molecule has 0 bridgehead atoms. The average Bonchev–Trinajstić information content (AvgIpc) is 2.77. The van der Waals surface area contributed by atoms with Crippen LogP contribution in [0.5, 0.6) is 0 Å². The summed E-state index contributed by atoms with van der Waals surface area (Å²) in [6, 6.07) is 81.4. The maximum Gasteiger partial charge on any atom is 0.235 e. The second kappa shape index (κ2) is 19.0. The number of nitrogens with zero attached hydrogens (tertiary/aromatic N) is 5. The largest absolute Gasteiger partial charge is 0.276 e. The van der Waals surface area contributed by atoms with Crippen molar-refractivity contribution >= 4 is 98.1 Å². The van der Waals surface area contributed by atoms with Crippen LogP contribution in [0.3, 0.4) is 0 Å². The van der Waals surface area contributed by atoms with Crippen molar-refractivity contribution in [1.82, 2.24) is 24.5 Å². The number of benzene rings is 10. The van der Waals surface area contributed by atoms with Crippen LogP contribution in [0, 0.1) is 0 Å². The van der Waals surface area contributed by atoms with Crippen LogP contribution in [0.15, 0.2) is 231 Å². The number of fused-ring (bicyclic) bond motifs is 20. The van der Waals surface area contributed by atoms with Crippen LogP contribution in [0.25, 0.3) is 126 Å². The van der Waals surface area contributed by atoms with Crippen LogP contribution in [0.1, 0.15) is 59.7 Å². The van der Waals surface area contributed by atoms with Crippen LogP contribution in [0.4, 0.5) is 0 Å². The van der Waals surface area contributed by atoms with E-state index in [1.54, 1.807) is 0 Å². The molecule has 5 nitrogen and oxygen atoms in total. The molecule has 5 heterocycles. The Morgan fingerprint density at radius 1 is 0.398 bits per heavy atom. The summed E-state index contributed by atoms with van der Waals surface area (Å²) in [7, 11) is 0. The lowest BCUT2D eigenvalue weighted by Gasteiger charge is -2.19. The molecule has 5 aromatic heterocycles. The molecule has 0 saturated heterocycles. The predicted molar refractivity (Wildman–Crippen MR) is 350 cm³/mol. The summed E-state index contributed by atoms with van der Waals surface area (Å²) in [4.78, 5) is 22.0. The Hall–Kier alpha value is -9.11. The molecule has 15 aromatic rings. The molecule has 0 radical (unpaired) electrons. The average molecular weight is 1120 g/mol. The first-order chi connectivity index (χ1) is 40.6. The first kappa shape index (κ1) is 49.7. The molecule has 396 valence electrons. The van der Waals surface area contributed by atoms with Crippen molar-refractivity contribution in [2.45, 2.75) is 44.9 Å². The van der Waals surface area contributed by atoms with Crippen molar-refractivity contribution in [3.8, 4) is 61.8 Å². The van der Waals surface area contributed by atoms with Gasteiger partial charge in [0.05, 0.1) is 38.2 Å². The van der Waals surface area contributed by atoms with Gasteiger partial charge < -0.3 is 0 Å². The molecule has 0 fully saturated rings. The summed E-state index contributed by atoms with van der Waals surface area (Å²) in [5.74, 6) is 0.703. The van der Waals surface area contributed by atoms with E-state index in [4.69, 9.17) is 21.6 Å².